The molecule has 3 heterocycles. The number of allylic oxidation sites excluding steroid dienone is 2. The normalized spacial score (nSPS) is 26.6. The first-order valence-electron chi connectivity index (χ1n) is 16.4. The second-order valence-corrected chi connectivity index (χ2v) is 15.4. The van der Waals surface area contributed by atoms with Crippen LogP contribution in [-0.4, -0.2) is 126 Å². The zero-order chi connectivity index (χ0) is 38.3. The molecule has 1 fully saturated rings. The molecule has 50 heavy (non-hydrogen) atoms. The van der Waals surface area contributed by atoms with Crippen LogP contribution in [-0.2, 0) is 23.8 Å². The van der Waals surface area contributed by atoms with Gasteiger partial charge in [0, 0.05) is 57.6 Å². The van der Waals surface area contributed by atoms with Crippen LogP contribution in [0.5, 0.6) is 0 Å². The van der Waals surface area contributed by atoms with Crippen LogP contribution in [0.3, 0.4) is 0 Å². The molecule has 0 spiro atoms. The molecule has 3 aliphatic rings. The smallest absolute Gasteiger partial charge is 1.00 e. The predicted molar refractivity (Wildman–Crippen MR) is 207 cm³/mol. The number of hydrogen-bond acceptors (Lipinski definition) is 10. The number of rotatable bonds is 5. The van der Waals surface area contributed by atoms with E-state index >= 15 is 0 Å². The Morgan fingerprint density at radius 2 is 1.38 bits per heavy atom. The predicted octanol–water partition coefficient (Wildman–Crippen LogP) is 0.795. The van der Waals surface area contributed by atoms with Gasteiger partial charge in [0.05, 0.1) is 35.1 Å². The minimum atomic E-state index is -1.24. The first-order valence-corrected chi connectivity index (χ1v) is 16.4. The van der Waals surface area contributed by atoms with Crippen molar-refractivity contribution in [3.63, 3.8) is 0 Å². The molecule has 11 radical (unpaired) electrons. The third kappa shape index (κ3) is 34.3. The molecule has 0 aromatic carbocycles. The Balaban J connectivity index is -0.000000132. The van der Waals surface area contributed by atoms with Gasteiger partial charge in [-0.3, -0.25) is 10.1 Å². The number of carbonyl (C=O) groups excluding carboxylic acids is 2. The van der Waals surface area contributed by atoms with Crippen LogP contribution in [0, 0.1) is 0 Å². The minimum Gasteiger partial charge on any atom is -1.00 e. The summed E-state index contributed by atoms with van der Waals surface area (Å²) in [5.41, 5.74) is -2.19. The second kappa shape index (κ2) is 24.5. The third-order valence-electron chi connectivity index (χ3n) is 6.36. The summed E-state index contributed by atoms with van der Waals surface area (Å²) in [6, 6.07) is 0. The van der Waals surface area contributed by atoms with Crippen LogP contribution in [0.15, 0.2) is 21.5 Å². The van der Waals surface area contributed by atoms with Gasteiger partial charge in [-0.15, -0.1) is 5.47 Å². The molecule has 0 aromatic rings. The molecule has 3 N–H and O–H groups in total. The van der Waals surface area contributed by atoms with Crippen molar-refractivity contribution >= 4 is 63.6 Å². The van der Waals surface area contributed by atoms with Crippen LogP contribution in [0.1, 0.15) is 132 Å². The van der Waals surface area contributed by atoms with E-state index in [1.165, 1.54) is 13.0 Å². The number of hydrogen-bond donors (Lipinski definition) is 3. The fourth-order valence-electron chi connectivity index (χ4n) is 5.47. The van der Waals surface area contributed by atoms with E-state index in [0.717, 1.165) is 25.2 Å². The van der Waals surface area contributed by atoms with E-state index in [0.29, 0.717) is 30.2 Å². The largest absolute Gasteiger partial charge is 1.00 e. The molecule has 6 unspecified atom stereocenters. The van der Waals surface area contributed by atoms with Gasteiger partial charge >= 0.3 is 31.0 Å². The summed E-state index contributed by atoms with van der Waals surface area (Å²) in [5, 5.41) is 22.2. The molecule has 0 saturated carbocycles. The molecule has 10 nitrogen and oxygen atoms in total. The van der Waals surface area contributed by atoms with Gasteiger partial charge in [0.25, 0.3) is 0 Å². The average molecular weight is 703 g/mol. The Bertz CT molecular complexity index is 1090. The zero-order valence-electron chi connectivity index (χ0n) is 35.7. The maximum absolute atomic E-state index is 9.48. The van der Waals surface area contributed by atoms with Gasteiger partial charge in [0.1, 0.15) is 36.1 Å². The van der Waals surface area contributed by atoms with Crippen molar-refractivity contribution in [1.82, 2.24) is 5.32 Å². The molecule has 6 atom stereocenters. The van der Waals surface area contributed by atoms with E-state index in [4.69, 9.17) is 37.7 Å². The molecule has 1 saturated heterocycles. The number of aliphatic hydroxyl groups is 2. The molecule has 0 bridgehead atoms. The van der Waals surface area contributed by atoms with Crippen LogP contribution < -0.4 is 34.9 Å². The summed E-state index contributed by atoms with van der Waals surface area (Å²) >= 11 is 0. The monoisotopic (exact) mass is 704 g/mol. The standard InChI is InChI=1S/C10H20BNO2.C10H18BNO2.C8H15NO.C4H5BO.C2H3BO.B.Na.H/c2*1-7-5-9(2,3)12-8(14-7)6-10(4,11)13;1-6-5-8(3,4)9-7(2)10-6;1-4(5)2-3-6;1-2(3)4;;;/h7-8,12-13H,5-6H2,1-4H3;7,13H,5-6H2,1-4H3;6H,5H2,1-4H3;2-3H,1H3;1H3;;;/q;;;;;;+1;-1/p+1/b;;;4-2-;;;;. The van der Waals surface area contributed by atoms with Crippen molar-refractivity contribution < 1.29 is 66.4 Å². The van der Waals surface area contributed by atoms with Gasteiger partial charge < -0.3 is 30.6 Å². The van der Waals surface area contributed by atoms with Crippen molar-refractivity contribution in [1.29, 1.82) is 0 Å². The average Bonchev–Trinajstić information content (AvgIpc) is 2.72. The molecule has 0 aliphatic carbocycles. The molecule has 0 amide bonds. The van der Waals surface area contributed by atoms with E-state index in [1.54, 1.807) is 20.8 Å². The second-order valence-electron chi connectivity index (χ2n) is 15.4. The Morgan fingerprint density at radius 1 is 0.940 bits per heavy atom. The third-order valence-corrected chi connectivity index (χ3v) is 6.36. The van der Waals surface area contributed by atoms with E-state index in [-0.39, 0.29) is 88.0 Å². The van der Waals surface area contributed by atoms with Gasteiger partial charge in [0.15, 0.2) is 19.6 Å². The Hall–Kier alpha value is -0.815. The van der Waals surface area contributed by atoms with Gasteiger partial charge in [-0.1, -0.05) is 6.92 Å². The Labute approximate surface area is 336 Å². The molecule has 16 heteroatoms. The van der Waals surface area contributed by atoms with E-state index < -0.39 is 11.0 Å². The fraction of sp³-hybridized carbons (Fsp3) is 0.824. The number of nitrogens with one attached hydrogen (secondary N) is 1. The number of aldehydes is 1. The van der Waals surface area contributed by atoms with Crippen molar-refractivity contribution in [2.75, 3.05) is 0 Å². The van der Waals surface area contributed by atoms with Crippen LogP contribution in [0.2, 0.25) is 0 Å². The quantitative estimate of drug-likeness (QED) is 0.217. The SMILES string of the molecule is CC1=NC(C)(C)CC(C)O1.[B].[B]/C(C)=C\C=O.[B]C(C)(O)CC1=NC(C)(C)CC(C)O1.[B]C(C)(O)CC1NC(C)(C)CC(C)O1.[B]C(C)=O.[H+].[H-].[Na+]. The Kier molecular flexibility index (Phi) is 27.4. The fourth-order valence-corrected chi connectivity index (χ4v) is 5.47. The first-order chi connectivity index (χ1) is 21.4. The molecule has 0 aromatic heterocycles. The van der Waals surface area contributed by atoms with Crippen molar-refractivity contribution in [2.45, 2.75) is 181 Å². The number of carbonyl (C=O) groups is 2. The Morgan fingerprint density at radius 3 is 1.68 bits per heavy atom. The maximum atomic E-state index is 9.48. The topological polar surface area (TPSA) is 139 Å². The van der Waals surface area contributed by atoms with E-state index in [2.05, 4.69) is 71.6 Å². The van der Waals surface area contributed by atoms with Crippen molar-refractivity contribution in [3.8, 4) is 0 Å². The number of nitrogens with zero attached hydrogens (tertiary/aromatic N) is 2. The minimum absolute atomic E-state index is 0. The summed E-state index contributed by atoms with van der Waals surface area (Å²) in [6.45, 7) is 26.8. The van der Waals surface area contributed by atoms with Gasteiger partial charge in [-0.25, -0.2) is 9.98 Å². The molecule has 271 valence electrons. The van der Waals surface area contributed by atoms with Gasteiger partial charge in [-0.2, -0.15) is 0 Å². The zero-order valence-corrected chi connectivity index (χ0v) is 35.7. The summed E-state index contributed by atoms with van der Waals surface area (Å²) in [7, 11) is 20.5. The molecule has 3 rings (SSSR count). The first kappa shape index (κ1) is 55.9. The number of ether oxygens (including phenoxy) is 3. The van der Waals surface area contributed by atoms with Crippen LogP contribution in [0.4, 0.5) is 0 Å². The number of aliphatic imine (C=N–C) groups is 2. The molecule has 3 aliphatic heterocycles. The molecular weight excluding hydrogens is 639 g/mol. The maximum Gasteiger partial charge on any atom is 1.00 e. The van der Waals surface area contributed by atoms with Crippen molar-refractivity contribution in [2.24, 2.45) is 9.98 Å². The van der Waals surface area contributed by atoms with E-state index in [1.807, 2.05) is 20.8 Å². The summed E-state index contributed by atoms with van der Waals surface area (Å²) in [5.74, 6) is 1.38. The molecular formula is C34H63B5N3NaO7+. The summed E-state index contributed by atoms with van der Waals surface area (Å²) < 4.78 is 16.5. The summed E-state index contributed by atoms with van der Waals surface area (Å²) in [4.78, 5) is 27.4. The van der Waals surface area contributed by atoms with Crippen LogP contribution in [0.25, 0.3) is 0 Å². The van der Waals surface area contributed by atoms with Gasteiger partial charge in [0.2, 0.25) is 0 Å². The van der Waals surface area contributed by atoms with Crippen molar-refractivity contribution in [3.05, 3.63) is 11.5 Å². The van der Waals surface area contributed by atoms with Crippen LogP contribution >= 0.6 is 0 Å². The summed E-state index contributed by atoms with van der Waals surface area (Å²) in [6.07, 6.45) is 6.03. The van der Waals surface area contributed by atoms with E-state index in [9.17, 15) is 19.8 Å². The van der Waals surface area contributed by atoms with Gasteiger partial charge in [-0.05, 0) is 95.6 Å².